The second-order valence-corrected chi connectivity index (χ2v) is 5.79. The van der Waals surface area contributed by atoms with Crippen molar-refractivity contribution >= 4 is 17.8 Å². The molecule has 0 N–H and O–H groups in total. The molecule has 1 aliphatic heterocycles. The van der Waals surface area contributed by atoms with Crippen molar-refractivity contribution in [3.05, 3.63) is 64.9 Å². The number of benzene rings is 2. The number of allylic oxidation sites excluding steroid dienone is 1. The fourth-order valence-corrected chi connectivity index (χ4v) is 2.60. The minimum absolute atomic E-state index is 0.170. The first-order chi connectivity index (χ1) is 12.6. The molecule has 1 aliphatic rings. The lowest BCUT2D eigenvalue weighted by molar-refractivity contribution is -0.145. The lowest BCUT2D eigenvalue weighted by Gasteiger charge is -2.06. The number of fused-ring (bicyclic) bond motifs is 1. The van der Waals surface area contributed by atoms with Crippen molar-refractivity contribution in [2.45, 2.75) is 20.3 Å². The molecule has 0 fully saturated rings. The number of aryl methyl sites for hydroxylation is 1. The highest BCUT2D eigenvalue weighted by molar-refractivity contribution is 6.14. The number of ether oxygens (including phenoxy) is 3. The molecule has 5 heteroatoms. The molecule has 134 valence electrons. The van der Waals surface area contributed by atoms with Crippen LogP contribution in [0.4, 0.5) is 0 Å². The molecule has 0 saturated carbocycles. The number of Topliss-reactive ketones (excluding diaryl/α,β-unsaturated/α-hetero) is 1. The Morgan fingerprint density at radius 1 is 1.12 bits per heavy atom. The highest BCUT2D eigenvalue weighted by atomic mass is 16.6. The van der Waals surface area contributed by atoms with Gasteiger partial charge in [0, 0.05) is 6.07 Å². The fourth-order valence-electron chi connectivity index (χ4n) is 2.60. The van der Waals surface area contributed by atoms with Crippen LogP contribution in [-0.2, 0) is 16.0 Å². The Labute approximate surface area is 152 Å². The molecule has 5 nitrogen and oxygen atoms in total. The van der Waals surface area contributed by atoms with Gasteiger partial charge in [-0.05, 0) is 42.7 Å². The van der Waals surface area contributed by atoms with Crippen molar-refractivity contribution in [3.8, 4) is 11.5 Å². The summed E-state index contributed by atoms with van der Waals surface area (Å²) in [4.78, 5) is 23.8. The van der Waals surface area contributed by atoms with Crippen LogP contribution in [0.15, 0.2) is 48.2 Å². The zero-order valence-corrected chi connectivity index (χ0v) is 14.8. The number of carbonyl (C=O) groups is 2. The maximum Gasteiger partial charge on any atom is 0.344 e. The van der Waals surface area contributed by atoms with E-state index in [4.69, 9.17) is 14.2 Å². The maximum absolute atomic E-state index is 12.5. The van der Waals surface area contributed by atoms with E-state index in [9.17, 15) is 9.59 Å². The Bertz CT molecular complexity index is 849. The minimum atomic E-state index is -0.443. The van der Waals surface area contributed by atoms with Gasteiger partial charge in [-0.15, -0.1) is 0 Å². The molecule has 0 radical (unpaired) electrons. The molecule has 0 unspecified atom stereocenters. The van der Waals surface area contributed by atoms with Gasteiger partial charge in [0.1, 0.15) is 11.5 Å². The number of ketones is 1. The highest BCUT2D eigenvalue weighted by Crippen LogP contribution is 2.34. The molecule has 0 aromatic heterocycles. The normalized spacial score (nSPS) is 14.1. The van der Waals surface area contributed by atoms with E-state index >= 15 is 0 Å². The Morgan fingerprint density at radius 2 is 1.88 bits per heavy atom. The molecule has 0 atom stereocenters. The lowest BCUT2D eigenvalue weighted by atomic mass is 10.1. The van der Waals surface area contributed by atoms with Gasteiger partial charge >= 0.3 is 5.97 Å². The molecule has 3 rings (SSSR count). The van der Waals surface area contributed by atoms with Crippen LogP contribution in [0.5, 0.6) is 11.5 Å². The molecule has 2 aromatic carbocycles. The molecule has 1 heterocycles. The summed E-state index contributed by atoms with van der Waals surface area (Å²) in [6, 6.07) is 12.9. The van der Waals surface area contributed by atoms with E-state index in [0.717, 1.165) is 12.0 Å². The van der Waals surface area contributed by atoms with Crippen molar-refractivity contribution in [2.24, 2.45) is 0 Å². The average molecular weight is 352 g/mol. The summed E-state index contributed by atoms with van der Waals surface area (Å²) in [7, 11) is 0. The summed E-state index contributed by atoms with van der Waals surface area (Å²) in [5, 5.41) is 0. The van der Waals surface area contributed by atoms with Gasteiger partial charge in [-0.1, -0.05) is 31.2 Å². The van der Waals surface area contributed by atoms with Crippen LogP contribution >= 0.6 is 0 Å². The van der Waals surface area contributed by atoms with Gasteiger partial charge in [0.05, 0.1) is 12.2 Å². The quantitative estimate of drug-likeness (QED) is 0.584. The zero-order chi connectivity index (χ0) is 18.5. The van der Waals surface area contributed by atoms with E-state index in [0.29, 0.717) is 23.7 Å². The van der Waals surface area contributed by atoms with Gasteiger partial charge < -0.3 is 14.2 Å². The molecule has 0 aliphatic carbocycles. The summed E-state index contributed by atoms with van der Waals surface area (Å²) in [6.45, 7) is 3.94. The van der Waals surface area contributed by atoms with Gasteiger partial charge in [0.2, 0.25) is 5.78 Å². The van der Waals surface area contributed by atoms with Crippen molar-refractivity contribution in [1.29, 1.82) is 0 Å². The van der Waals surface area contributed by atoms with Gasteiger partial charge in [0.25, 0.3) is 0 Å². The average Bonchev–Trinajstić information content (AvgIpc) is 2.96. The molecule has 0 amide bonds. The van der Waals surface area contributed by atoms with Crippen molar-refractivity contribution in [1.82, 2.24) is 0 Å². The van der Waals surface area contributed by atoms with Gasteiger partial charge in [-0.3, -0.25) is 4.79 Å². The van der Waals surface area contributed by atoms with E-state index in [1.165, 1.54) is 5.56 Å². The van der Waals surface area contributed by atoms with Crippen LogP contribution in [0.1, 0.15) is 35.3 Å². The SMILES string of the molecule is CCOC(=O)COc1ccc2c(c1)O/C(=C\c1ccc(CC)cc1)C2=O. The molecule has 26 heavy (non-hydrogen) atoms. The Hall–Kier alpha value is -3.08. The van der Waals surface area contributed by atoms with E-state index < -0.39 is 5.97 Å². The number of carbonyl (C=O) groups excluding carboxylic acids is 2. The van der Waals surface area contributed by atoms with Crippen LogP contribution in [-0.4, -0.2) is 25.0 Å². The monoisotopic (exact) mass is 352 g/mol. The maximum atomic E-state index is 12.5. The Morgan fingerprint density at radius 3 is 2.58 bits per heavy atom. The third-order valence-corrected chi connectivity index (χ3v) is 3.99. The Balaban J connectivity index is 1.73. The molecule has 0 saturated heterocycles. The smallest absolute Gasteiger partial charge is 0.344 e. The van der Waals surface area contributed by atoms with Gasteiger partial charge in [-0.25, -0.2) is 4.79 Å². The van der Waals surface area contributed by atoms with Gasteiger partial charge in [0.15, 0.2) is 12.4 Å². The Kier molecular flexibility index (Phi) is 5.37. The first kappa shape index (κ1) is 17.7. The zero-order valence-electron chi connectivity index (χ0n) is 14.8. The fraction of sp³-hybridized carbons (Fsp3) is 0.238. The largest absolute Gasteiger partial charge is 0.482 e. The minimum Gasteiger partial charge on any atom is -0.482 e. The number of rotatable bonds is 6. The second-order valence-electron chi connectivity index (χ2n) is 5.79. The molecule has 0 spiro atoms. The van der Waals surface area contributed by atoms with E-state index in [-0.39, 0.29) is 18.1 Å². The molecular weight excluding hydrogens is 332 g/mol. The summed E-state index contributed by atoms with van der Waals surface area (Å²) in [6.07, 6.45) is 2.69. The van der Waals surface area contributed by atoms with Crippen molar-refractivity contribution < 1.29 is 23.8 Å². The van der Waals surface area contributed by atoms with E-state index in [1.54, 1.807) is 31.2 Å². The van der Waals surface area contributed by atoms with E-state index in [1.807, 2.05) is 24.3 Å². The summed E-state index contributed by atoms with van der Waals surface area (Å²) in [5.41, 5.74) is 2.61. The first-order valence-corrected chi connectivity index (χ1v) is 8.56. The standard InChI is InChI=1S/C21H20O5/c1-3-14-5-7-15(8-6-14)11-19-21(23)17-10-9-16(12-18(17)26-19)25-13-20(22)24-4-2/h5-12H,3-4,13H2,1-2H3/b19-11-. The lowest BCUT2D eigenvalue weighted by Crippen LogP contribution is -2.14. The second kappa shape index (κ2) is 7.87. The van der Waals surface area contributed by atoms with Crippen molar-refractivity contribution in [2.75, 3.05) is 13.2 Å². The molecule has 2 aromatic rings. The summed E-state index contributed by atoms with van der Waals surface area (Å²) in [5.74, 6) is 0.523. The predicted octanol–water partition coefficient (Wildman–Crippen LogP) is 3.81. The van der Waals surface area contributed by atoms with Crippen LogP contribution in [0.3, 0.4) is 0 Å². The predicted molar refractivity (Wildman–Crippen MR) is 97.3 cm³/mol. The number of hydrogen-bond donors (Lipinski definition) is 0. The number of hydrogen-bond acceptors (Lipinski definition) is 5. The first-order valence-electron chi connectivity index (χ1n) is 8.56. The van der Waals surface area contributed by atoms with Crippen LogP contribution < -0.4 is 9.47 Å². The van der Waals surface area contributed by atoms with Gasteiger partial charge in [-0.2, -0.15) is 0 Å². The van der Waals surface area contributed by atoms with Crippen molar-refractivity contribution in [3.63, 3.8) is 0 Å². The summed E-state index contributed by atoms with van der Waals surface area (Å²) < 4.78 is 15.9. The van der Waals surface area contributed by atoms with Crippen LogP contribution in [0.25, 0.3) is 6.08 Å². The van der Waals surface area contributed by atoms with Crippen LogP contribution in [0.2, 0.25) is 0 Å². The molecular formula is C21H20O5. The third kappa shape index (κ3) is 3.94. The number of esters is 1. The van der Waals surface area contributed by atoms with E-state index in [2.05, 4.69) is 6.92 Å². The summed E-state index contributed by atoms with van der Waals surface area (Å²) >= 11 is 0. The highest BCUT2D eigenvalue weighted by Gasteiger charge is 2.27. The molecule has 0 bridgehead atoms. The topological polar surface area (TPSA) is 61.8 Å². The third-order valence-electron chi connectivity index (χ3n) is 3.99. The van der Waals surface area contributed by atoms with Crippen LogP contribution in [0, 0.1) is 0 Å².